The molecular formula is C24H29N5O5. The van der Waals surface area contributed by atoms with Gasteiger partial charge in [0.15, 0.2) is 35.7 Å². The molecule has 0 saturated carbocycles. The molecule has 34 heavy (non-hydrogen) atoms. The summed E-state index contributed by atoms with van der Waals surface area (Å²) in [6, 6.07) is 3.38. The van der Waals surface area contributed by atoms with Crippen molar-refractivity contribution in [1.29, 1.82) is 0 Å². The number of hydrogen-bond donors (Lipinski definition) is 1. The molecule has 180 valence electrons. The van der Waals surface area contributed by atoms with Crippen molar-refractivity contribution in [3.63, 3.8) is 0 Å². The molecule has 0 radical (unpaired) electrons. The summed E-state index contributed by atoms with van der Waals surface area (Å²) in [6.07, 6.45) is 6.19. The van der Waals surface area contributed by atoms with Crippen LogP contribution in [0.15, 0.2) is 35.5 Å². The van der Waals surface area contributed by atoms with E-state index >= 15 is 0 Å². The number of aromatic nitrogens is 2. The Hall–Kier alpha value is -3.79. The molecule has 1 aliphatic heterocycles. The molecule has 3 rings (SSSR count). The van der Waals surface area contributed by atoms with E-state index in [9.17, 15) is 14.4 Å². The molecule has 1 aliphatic rings. The zero-order valence-electron chi connectivity index (χ0n) is 19.6. The quantitative estimate of drug-likeness (QED) is 0.234. The van der Waals surface area contributed by atoms with Gasteiger partial charge in [0.05, 0.1) is 19.4 Å². The van der Waals surface area contributed by atoms with Crippen LogP contribution in [0.4, 0.5) is 11.5 Å². The molecule has 0 spiro atoms. The molecule has 1 aromatic carbocycles. The lowest BCUT2D eigenvalue weighted by molar-refractivity contribution is -0.116. The van der Waals surface area contributed by atoms with Gasteiger partial charge in [0, 0.05) is 50.1 Å². The van der Waals surface area contributed by atoms with E-state index in [0.29, 0.717) is 41.3 Å². The number of amides is 1. The van der Waals surface area contributed by atoms with Crippen LogP contribution in [-0.4, -0.2) is 72.5 Å². The number of nitrogens with one attached hydrogen (secondary N) is 1. The van der Waals surface area contributed by atoms with Crippen molar-refractivity contribution in [2.24, 2.45) is 12.0 Å². The van der Waals surface area contributed by atoms with Crippen LogP contribution in [0.2, 0.25) is 0 Å². The summed E-state index contributed by atoms with van der Waals surface area (Å²) in [5.74, 6) is 1.15. The number of benzene rings is 1. The van der Waals surface area contributed by atoms with E-state index in [0.717, 1.165) is 24.8 Å². The molecule has 1 unspecified atom stereocenters. The Morgan fingerprint density at radius 2 is 2.09 bits per heavy atom. The van der Waals surface area contributed by atoms with Gasteiger partial charge in [-0.15, -0.1) is 0 Å². The lowest BCUT2D eigenvalue weighted by Crippen LogP contribution is -2.25. The van der Waals surface area contributed by atoms with Crippen LogP contribution in [0.5, 0.6) is 11.5 Å². The SMILES string of the molecule is C=C1CC(C=Nc2cc(OCCCC(=O)Nc3cn(C)c(C=O)n3)c(OC)cc2C=O)N(C)C1. The highest BCUT2D eigenvalue weighted by Gasteiger charge is 2.22. The van der Waals surface area contributed by atoms with Gasteiger partial charge in [-0.3, -0.25) is 24.3 Å². The highest BCUT2D eigenvalue weighted by molar-refractivity contribution is 5.90. The first-order valence-corrected chi connectivity index (χ1v) is 10.8. The largest absolute Gasteiger partial charge is 0.493 e. The molecule has 1 amide bonds. The molecule has 10 nitrogen and oxygen atoms in total. The lowest BCUT2D eigenvalue weighted by atomic mass is 10.1. The van der Waals surface area contributed by atoms with Crippen molar-refractivity contribution >= 4 is 36.2 Å². The van der Waals surface area contributed by atoms with E-state index in [1.165, 1.54) is 11.7 Å². The van der Waals surface area contributed by atoms with Crippen LogP contribution in [0.25, 0.3) is 0 Å². The maximum Gasteiger partial charge on any atom is 0.225 e. The molecule has 1 saturated heterocycles. The number of carbonyl (C=O) groups excluding carboxylic acids is 3. The zero-order valence-corrected chi connectivity index (χ0v) is 19.6. The first kappa shape index (κ1) is 24.8. The van der Waals surface area contributed by atoms with Gasteiger partial charge in [0.25, 0.3) is 0 Å². The number of methoxy groups -OCH3 is 1. The lowest BCUT2D eigenvalue weighted by Gasteiger charge is -2.15. The molecule has 0 bridgehead atoms. The van der Waals surface area contributed by atoms with Crippen molar-refractivity contribution < 1.29 is 23.9 Å². The second kappa shape index (κ2) is 11.4. The van der Waals surface area contributed by atoms with Crippen molar-refractivity contribution in [3.8, 4) is 11.5 Å². The first-order valence-electron chi connectivity index (χ1n) is 10.8. The fourth-order valence-electron chi connectivity index (χ4n) is 3.63. The van der Waals surface area contributed by atoms with E-state index in [1.54, 1.807) is 25.4 Å². The monoisotopic (exact) mass is 467 g/mol. The Morgan fingerprint density at radius 1 is 1.29 bits per heavy atom. The van der Waals surface area contributed by atoms with Gasteiger partial charge in [0.2, 0.25) is 5.91 Å². The van der Waals surface area contributed by atoms with E-state index in [2.05, 4.69) is 26.8 Å². The second-order valence-electron chi connectivity index (χ2n) is 8.11. The van der Waals surface area contributed by atoms with Crippen molar-refractivity contribution in [1.82, 2.24) is 14.5 Å². The molecule has 10 heteroatoms. The van der Waals surface area contributed by atoms with Crippen LogP contribution >= 0.6 is 0 Å². The Kier molecular flexibility index (Phi) is 8.31. The van der Waals surface area contributed by atoms with Crippen molar-refractivity contribution in [2.45, 2.75) is 25.3 Å². The number of likely N-dealkylation sites (N-methyl/N-ethyl adjacent to an activating group) is 1. The third-order valence-corrected chi connectivity index (χ3v) is 5.45. The maximum absolute atomic E-state index is 12.2. The highest BCUT2D eigenvalue weighted by Crippen LogP contribution is 2.34. The van der Waals surface area contributed by atoms with Gasteiger partial charge in [-0.05, 0) is 26.0 Å². The summed E-state index contributed by atoms with van der Waals surface area (Å²) >= 11 is 0. The minimum atomic E-state index is -0.241. The number of aryl methyl sites for hydroxylation is 1. The average Bonchev–Trinajstić information content (AvgIpc) is 3.34. The van der Waals surface area contributed by atoms with Gasteiger partial charge in [-0.2, -0.15) is 0 Å². The van der Waals surface area contributed by atoms with Crippen molar-refractivity contribution in [2.75, 3.05) is 32.6 Å². The normalized spacial score (nSPS) is 16.1. The summed E-state index contributed by atoms with van der Waals surface area (Å²) in [6.45, 7) is 5.09. The molecule has 2 heterocycles. The van der Waals surface area contributed by atoms with Gasteiger partial charge in [0.1, 0.15) is 0 Å². The number of nitrogens with zero attached hydrogens (tertiary/aromatic N) is 4. The third-order valence-electron chi connectivity index (χ3n) is 5.45. The van der Waals surface area contributed by atoms with Crippen LogP contribution in [0.3, 0.4) is 0 Å². The second-order valence-corrected chi connectivity index (χ2v) is 8.11. The van der Waals surface area contributed by atoms with E-state index in [4.69, 9.17) is 9.47 Å². The zero-order chi connectivity index (χ0) is 24.7. The van der Waals surface area contributed by atoms with Gasteiger partial charge >= 0.3 is 0 Å². The third kappa shape index (κ3) is 6.16. The fourth-order valence-corrected chi connectivity index (χ4v) is 3.63. The summed E-state index contributed by atoms with van der Waals surface area (Å²) in [5, 5.41) is 2.65. The minimum absolute atomic E-state index is 0.124. The number of anilines is 1. The number of aldehydes is 2. The summed E-state index contributed by atoms with van der Waals surface area (Å²) < 4.78 is 12.7. The predicted octanol–water partition coefficient (Wildman–Crippen LogP) is 2.81. The molecule has 0 aliphatic carbocycles. The molecular weight excluding hydrogens is 438 g/mol. The van der Waals surface area contributed by atoms with E-state index in [-0.39, 0.29) is 30.8 Å². The van der Waals surface area contributed by atoms with Crippen LogP contribution < -0.4 is 14.8 Å². The average molecular weight is 468 g/mol. The number of hydrogen-bond acceptors (Lipinski definition) is 8. The molecule has 1 fully saturated rings. The standard InChI is InChI=1S/C24H29N5O5/c1-16-8-18(28(2)12-16)11-25-19-10-21(20(33-4)9-17(19)14-30)34-7-5-6-24(32)27-22-13-29(3)23(15-31)26-22/h9-11,13-15,18H,1,5-8,12H2,2-4H3,(H,27,32). The number of aliphatic imine (C=N–C) groups is 1. The Morgan fingerprint density at radius 3 is 2.71 bits per heavy atom. The van der Waals surface area contributed by atoms with Gasteiger partial charge in [-0.25, -0.2) is 4.98 Å². The number of imidazole rings is 1. The fraction of sp³-hybridized carbons (Fsp3) is 0.375. The first-order chi connectivity index (χ1) is 16.3. The van der Waals surface area contributed by atoms with Crippen LogP contribution in [-0.2, 0) is 11.8 Å². The summed E-state index contributed by atoms with van der Waals surface area (Å²) in [7, 11) is 5.17. The Balaban J connectivity index is 1.60. The van der Waals surface area contributed by atoms with E-state index < -0.39 is 0 Å². The summed E-state index contributed by atoms with van der Waals surface area (Å²) in [4.78, 5) is 45.3. The number of ether oxygens (including phenoxy) is 2. The van der Waals surface area contributed by atoms with Gasteiger partial charge in [-0.1, -0.05) is 12.2 Å². The highest BCUT2D eigenvalue weighted by atomic mass is 16.5. The topological polar surface area (TPSA) is 115 Å². The molecule has 2 aromatic rings. The van der Waals surface area contributed by atoms with Gasteiger partial charge < -0.3 is 19.4 Å². The number of likely N-dealkylation sites (tertiary alicyclic amines) is 1. The smallest absolute Gasteiger partial charge is 0.225 e. The minimum Gasteiger partial charge on any atom is -0.493 e. The number of carbonyl (C=O) groups is 3. The van der Waals surface area contributed by atoms with Crippen LogP contribution in [0, 0.1) is 0 Å². The Labute approximate surface area is 198 Å². The molecule has 1 atom stereocenters. The number of rotatable bonds is 11. The predicted molar refractivity (Wildman–Crippen MR) is 129 cm³/mol. The van der Waals surface area contributed by atoms with E-state index in [1.807, 2.05) is 13.3 Å². The Bertz CT molecular complexity index is 1110. The summed E-state index contributed by atoms with van der Waals surface area (Å²) in [5.41, 5.74) is 2.02. The maximum atomic E-state index is 12.2. The molecule has 1 aromatic heterocycles. The molecule has 1 N–H and O–H groups in total. The van der Waals surface area contributed by atoms with Crippen LogP contribution in [0.1, 0.15) is 40.2 Å². The van der Waals surface area contributed by atoms with Crippen molar-refractivity contribution in [3.05, 3.63) is 41.9 Å².